The first-order chi connectivity index (χ1) is 8.18. The van der Waals surface area contributed by atoms with E-state index in [9.17, 15) is 9.90 Å². The third kappa shape index (κ3) is 7.27. The van der Waals surface area contributed by atoms with Gasteiger partial charge in [-0.15, -0.1) is 0 Å². The van der Waals surface area contributed by atoms with Crippen LogP contribution in [0.2, 0.25) is 0 Å². The summed E-state index contributed by atoms with van der Waals surface area (Å²) in [6.07, 6.45) is 0.744. The number of nitrogens with one attached hydrogen (secondary N) is 1. The number of primary amides is 1. The molecule has 1 rings (SSSR count). The summed E-state index contributed by atoms with van der Waals surface area (Å²) in [5.41, 5.74) is 5.02. The number of aliphatic hydroxyl groups excluding tert-OH is 1. The minimum Gasteiger partial charge on any atom is -0.390 e. The number of amides is 1. The molecule has 0 radical (unpaired) electrons. The molecule has 1 saturated heterocycles. The van der Waals surface area contributed by atoms with Crippen molar-refractivity contribution in [2.45, 2.75) is 18.9 Å². The molecule has 0 bridgehead atoms. The van der Waals surface area contributed by atoms with Crippen molar-refractivity contribution in [2.75, 3.05) is 45.9 Å². The second-order valence-corrected chi connectivity index (χ2v) is 4.34. The molecule has 4 N–H and O–H groups in total. The quantitative estimate of drug-likeness (QED) is 0.455. The lowest BCUT2D eigenvalue weighted by Crippen LogP contribution is -2.43. The lowest BCUT2D eigenvalue weighted by atomic mass is 10.2. The summed E-state index contributed by atoms with van der Waals surface area (Å²) in [4.78, 5) is 12.7. The molecule has 1 aliphatic heterocycles. The highest BCUT2D eigenvalue weighted by atomic mass is 16.5. The molecule has 0 spiro atoms. The average Bonchev–Trinajstić information content (AvgIpc) is 2.29. The largest absolute Gasteiger partial charge is 0.390 e. The Kier molecular flexibility index (Phi) is 7.11. The first-order valence-corrected chi connectivity index (χ1v) is 6.15. The van der Waals surface area contributed by atoms with Gasteiger partial charge in [0.2, 0.25) is 5.91 Å². The normalized spacial score (nSPS) is 19.1. The summed E-state index contributed by atoms with van der Waals surface area (Å²) in [6, 6.07) is 0. The highest BCUT2D eigenvalue weighted by Crippen LogP contribution is 1.98. The third-order valence-corrected chi connectivity index (χ3v) is 2.73. The van der Waals surface area contributed by atoms with Crippen LogP contribution in [0.4, 0.5) is 0 Å². The highest BCUT2D eigenvalue weighted by Gasteiger charge is 2.14. The molecule has 6 nitrogen and oxygen atoms in total. The molecule has 17 heavy (non-hydrogen) atoms. The van der Waals surface area contributed by atoms with Crippen molar-refractivity contribution in [1.29, 1.82) is 0 Å². The van der Waals surface area contributed by atoms with Crippen LogP contribution in [0.5, 0.6) is 0 Å². The van der Waals surface area contributed by atoms with E-state index >= 15 is 0 Å². The summed E-state index contributed by atoms with van der Waals surface area (Å²) >= 11 is 0. The van der Waals surface area contributed by atoms with Crippen molar-refractivity contribution < 1.29 is 14.6 Å². The van der Waals surface area contributed by atoms with Crippen LogP contribution in [0.1, 0.15) is 12.8 Å². The number of rotatable bonds is 8. The van der Waals surface area contributed by atoms with E-state index in [0.29, 0.717) is 26.1 Å². The minimum absolute atomic E-state index is 0.277. The van der Waals surface area contributed by atoms with Gasteiger partial charge in [0.05, 0.1) is 19.3 Å². The Morgan fingerprint density at radius 1 is 1.47 bits per heavy atom. The molecule has 0 saturated carbocycles. The highest BCUT2D eigenvalue weighted by molar-refractivity contribution is 5.73. The number of hydrogen-bond acceptors (Lipinski definition) is 5. The van der Waals surface area contributed by atoms with Gasteiger partial charge in [-0.2, -0.15) is 0 Å². The van der Waals surface area contributed by atoms with Crippen molar-refractivity contribution >= 4 is 5.91 Å². The maximum atomic E-state index is 10.5. The smallest absolute Gasteiger partial charge is 0.217 e. The van der Waals surface area contributed by atoms with Gasteiger partial charge in [0.25, 0.3) is 0 Å². The monoisotopic (exact) mass is 245 g/mol. The van der Waals surface area contributed by atoms with Crippen molar-refractivity contribution in [3.8, 4) is 0 Å². The lowest BCUT2D eigenvalue weighted by Gasteiger charge is -2.28. The minimum atomic E-state index is -0.373. The van der Waals surface area contributed by atoms with Crippen LogP contribution in [0, 0.1) is 0 Å². The lowest BCUT2D eigenvalue weighted by molar-refractivity contribution is -0.118. The molecule has 1 unspecified atom stereocenters. The molecule has 1 amide bonds. The average molecular weight is 245 g/mol. The van der Waals surface area contributed by atoms with E-state index in [4.69, 9.17) is 10.5 Å². The van der Waals surface area contributed by atoms with Gasteiger partial charge >= 0.3 is 0 Å². The maximum Gasteiger partial charge on any atom is 0.217 e. The SMILES string of the molecule is NC(=O)CCCNCC(O)CN1CCOCC1. The van der Waals surface area contributed by atoms with Crippen LogP contribution in [-0.2, 0) is 9.53 Å². The molecule has 0 aromatic carbocycles. The van der Waals surface area contributed by atoms with Crippen LogP contribution in [0.3, 0.4) is 0 Å². The van der Waals surface area contributed by atoms with Gasteiger partial charge < -0.3 is 20.9 Å². The van der Waals surface area contributed by atoms with Crippen LogP contribution in [0.25, 0.3) is 0 Å². The van der Waals surface area contributed by atoms with E-state index in [0.717, 1.165) is 32.7 Å². The summed E-state index contributed by atoms with van der Waals surface area (Å²) < 4.78 is 5.23. The second-order valence-electron chi connectivity index (χ2n) is 4.34. The van der Waals surface area contributed by atoms with Crippen LogP contribution in [0.15, 0.2) is 0 Å². The van der Waals surface area contributed by atoms with E-state index in [1.807, 2.05) is 0 Å². The first kappa shape index (κ1) is 14.4. The van der Waals surface area contributed by atoms with E-state index < -0.39 is 0 Å². The zero-order chi connectivity index (χ0) is 12.5. The summed E-state index contributed by atoms with van der Waals surface area (Å²) in [7, 11) is 0. The summed E-state index contributed by atoms with van der Waals surface area (Å²) in [5, 5.41) is 12.9. The van der Waals surface area contributed by atoms with Crippen LogP contribution < -0.4 is 11.1 Å². The molecule has 100 valence electrons. The van der Waals surface area contributed by atoms with E-state index in [1.165, 1.54) is 0 Å². The molecule has 0 aromatic rings. The molecule has 0 aliphatic carbocycles. The van der Waals surface area contributed by atoms with Crippen LogP contribution >= 0.6 is 0 Å². The number of aliphatic hydroxyl groups is 1. The Hall–Kier alpha value is -0.690. The molecule has 1 atom stereocenters. The predicted octanol–water partition coefficient (Wildman–Crippen LogP) is -1.47. The fraction of sp³-hybridized carbons (Fsp3) is 0.909. The van der Waals surface area contributed by atoms with Gasteiger partial charge in [-0.05, 0) is 13.0 Å². The number of carbonyl (C=O) groups is 1. The standard InChI is InChI=1S/C11H23N3O3/c12-11(16)2-1-3-13-8-10(15)9-14-4-6-17-7-5-14/h10,13,15H,1-9H2,(H2,12,16). The van der Waals surface area contributed by atoms with Gasteiger partial charge in [0.15, 0.2) is 0 Å². The number of carbonyl (C=O) groups excluding carboxylic acids is 1. The third-order valence-electron chi connectivity index (χ3n) is 2.73. The fourth-order valence-electron chi connectivity index (χ4n) is 1.80. The van der Waals surface area contributed by atoms with Crippen LogP contribution in [-0.4, -0.2) is 68.0 Å². The zero-order valence-electron chi connectivity index (χ0n) is 10.2. The molecule has 6 heteroatoms. The first-order valence-electron chi connectivity index (χ1n) is 6.15. The van der Waals surface area contributed by atoms with Gasteiger partial charge in [0.1, 0.15) is 0 Å². The number of morpholine rings is 1. The molecular weight excluding hydrogens is 222 g/mol. The molecule has 1 fully saturated rings. The van der Waals surface area contributed by atoms with Gasteiger partial charge in [-0.3, -0.25) is 9.69 Å². The van der Waals surface area contributed by atoms with E-state index in [2.05, 4.69) is 10.2 Å². The molecule has 0 aromatic heterocycles. The van der Waals surface area contributed by atoms with Crippen molar-refractivity contribution in [3.05, 3.63) is 0 Å². The Bertz CT molecular complexity index is 220. The zero-order valence-corrected chi connectivity index (χ0v) is 10.2. The van der Waals surface area contributed by atoms with Crippen molar-refractivity contribution in [1.82, 2.24) is 10.2 Å². The second kappa shape index (κ2) is 8.41. The van der Waals surface area contributed by atoms with Gasteiger partial charge in [0, 0.05) is 32.6 Å². The Morgan fingerprint density at radius 3 is 2.82 bits per heavy atom. The summed E-state index contributed by atoms with van der Waals surface area (Å²) in [6.45, 7) is 5.21. The number of hydrogen-bond donors (Lipinski definition) is 3. The maximum absolute atomic E-state index is 10.5. The van der Waals surface area contributed by atoms with Gasteiger partial charge in [-0.1, -0.05) is 0 Å². The van der Waals surface area contributed by atoms with E-state index in [1.54, 1.807) is 0 Å². The molecule has 1 heterocycles. The number of nitrogens with zero attached hydrogens (tertiary/aromatic N) is 1. The van der Waals surface area contributed by atoms with Crippen molar-refractivity contribution in [3.63, 3.8) is 0 Å². The number of nitrogens with two attached hydrogens (primary N) is 1. The summed E-state index contributed by atoms with van der Waals surface area (Å²) in [5.74, 6) is -0.277. The fourth-order valence-corrected chi connectivity index (χ4v) is 1.80. The van der Waals surface area contributed by atoms with Crippen molar-refractivity contribution in [2.24, 2.45) is 5.73 Å². The number of β-amino-alcohol motifs (C(OH)–C–C–N with tert-alkyl or cyclic N) is 1. The van der Waals surface area contributed by atoms with E-state index in [-0.39, 0.29) is 12.0 Å². The molecular formula is C11H23N3O3. The Labute approximate surface area is 102 Å². The topological polar surface area (TPSA) is 87.8 Å². The number of ether oxygens (including phenoxy) is 1. The Morgan fingerprint density at radius 2 is 2.18 bits per heavy atom. The predicted molar refractivity (Wildman–Crippen MR) is 64.6 cm³/mol. The Balaban J connectivity index is 1.96. The van der Waals surface area contributed by atoms with Gasteiger partial charge in [-0.25, -0.2) is 0 Å². The molecule has 1 aliphatic rings.